The summed E-state index contributed by atoms with van der Waals surface area (Å²) in [5, 5.41) is 33.4. The summed E-state index contributed by atoms with van der Waals surface area (Å²) in [7, 11) is -12.2. The summed E-state index contributed by atoms with van der Waals surface area (Å²) < 4.78 is 135. The van der Waals surface area contributed by atoms with Crippen molar-refractivity contribution in [2.75, 3.05) is 19.9 Å². The number of nitrogen functional groups attached to an aromatic ring is 1. The van der Waals surface area contributed by atoms with Gasteiger partial charge in [0, 0.05) is 40.6 Å². The molecule has 96 heavy (non-hydrogen) atoms. The molecular weight excluding hydrogens is 1290 g/mol. The van der Waals surface area contributed by atoms with Crippen molar-refractivity contribution in [3.63, 3.8) is 0 Å². The molecule has 0 saturated heterocycles. The van der Waals surface area contributed by atoms with Gasteiger partial charge in [0.05, 0.1) is 65.4 Å². The summed E-state index contributed by atoms with van der Waals surface area (Å²) >= 11 is 0. The number of rotatable bonds is 12. The van der Waals surface area contributed by atoms with E-state index in [1.165, 1.54) is 56.5 Å². The molecule has 498 valence electrons. The minimum absolute atomic E-state index is 0.0991. The zero-order valence-electron chi connectivity index (χ0n) is 54.5. The molecule has 0 saturated carbocycles. The third kappa shape index (κ3) is 14.5. The number of nitrogens with two attached hydrogens (primary N) is 1. The molecule has 27 heteroatoms. The van der Waals surface area contributed by atoms with Crippen LogP contribution < -0.4 is 25.4 Å². The molecule has 0 fully saturated rings. The topological polar surface area (TPSA) is 293 Å². The van der Waals surface area contributed by atoms with Crippen molar-refractivity contribution in [1.82, 2.24) is 44.0 Å². The van der Waals surface area contributed by atoms with Crippen LogP contribution in [0.15, 0.2) is 185 Å². The van der Waals surface area contributed by atoms with E-state index in [2.05, 4.69) is 39.4 Å². The van der Waals surface area contributed by atoms with Gasteiger partial charge < -0.3 is 10.9 Å². The molecule has 0 aliphatic rings. The van der Waals surface area contributed by atoms with Crippen molar-refractivity contribution in [3.8, 4) is 17.1 Å². The molecular formula is C69H71F3N14O7S3. The number of halogens is 3. The molecule has 0 spiro atoms. The monoisotopic (exact) mass is 1360 g/mol. The summed E-state index contributed by atoms with van der Waals surface area (Å²) in [5.41, 5.74) is 11.1. The maximum Gasteiger partial charge on any atom is 0.263 e. The van der Waals surface area contributed by atoms with Crippen molar-refractivity contribution in [3.05, 3.63) is 227 Å². The van der Waals surface area contributed by atoms with Gasteiger partial charge in [0.2, 0.25) is 0 Å². The van der Waals surface area contributed by atoms with E-state index in [1.807, 2.05) is 111 Å². The highest BCUT2D eigenvalue weighted by atomic mass is 32.2. The maximum absolute atomic E-state index is 14.7. The van der Waals surface area contributed by atoms with E-state index in [-0.39, 0.29) is 37.6 Å². The average molecular weight is 1360 g/mol. The number of pyridine rings is 3. The number of hydrogen-bond acceptors (Lipinski definition) is 14. The summed E-state index contributed by atoms with van der Waals surface area (Å²) in [5.74, 6) is -0.695. The van der Waals surface area contributed by atoms with Crippen molar-refractivity contribution >= 4 is 86.1 Å². The number of fused-ring (bicyclic) bond motifs is 3. The standard InChI is InChI=1S/C23H24FN5O3S.C23H24FN5O2S.C23H23FN4O2S/c1-14-12-22(27-33(31,32)15-8-10-17(18(24)13-15)23(2,3)4)28(26-14)19-6-5-7-20-16(19)9-11-21(25)29(20)30;1-14-12-22(28-32(30,31)15-8-10-17(18(24)13-15)23(2,3)4)29(27-14)20-7-5-6-19-16(20)9-11-21(25)26-19;1-15-13-22(28(26-15)21-9-5-8-20-17(21)7-6-12-25-20)27-31(29,30)16-10-11-18(19(24)14-16)23(2,3)4/h5-13,25,27,30H,1-4H3;5-13,28H,1-4H3,(H2,25,26);5-14,27H,1-4H3. The van der Waals surface area contributed by atoms with Crippen LogP contribution in [0.25, 0.3) is 49.8 Å². The number of aromatic nitrogens is 9. The molecule has 0 radical (unpaired) electrons. The molecule has 0 amide bonds. The molecule has 7 N–H and O–H groups in total. The van der Waals surface area contributed by atoms with Gasteiger partial charge in [0.15, 0.2) is 5.49 Å². The van der Waals surface area contributed by atoms with Crippen molar-refractivity contribution in [2.24, 2.45) is 0 Å². The SMILES string of the molecule is Cc1cc(NS(=O)(=O)c2ccc(C(C)(C)C)c(F)c2)n(-c2cccc3c2ccc(=N)n3O)n1.Cc1cc(NS(=O)(=O)c2ccc(C(C)(C)C)c(F)c2)n(-c2cccc3nc(N)ccc23)n1.Cc1cc(NS(=O)(=O)c2ccc(C(C)(C)C)c(F)c2)n(-c2cccc3ncccc23)n1. The van der Waals surface area contributed by atoms with Gasteiger partial charge >= 0.3 is 0 Å². The highest BCUT2D eigenvalue weighted by Crippen LogP contribution is 2.34. The Morgan fingerprint density at radius 2 is 0.812 bits per heavy atom. The number of anilines is 4. The second kappa shape index (κ2) is 25.7. The van der Waals surface area contributed by atoms with Gasteiger partial charge in [-0.15, -0.1) is 0 Å². The predicted octanol–water partition coefficient (Wildman–Crippen LogP) is 13.6. The normalized spacial score (nSPS) is 12.3. The Hall–Kier alpha value is -10.4. The Bertz CT molecular complexity index is 5430. The molecule has 21 nitrogen and oxygen atoms in total. The Labute approximate surface area is 553 Å². The predicted molar refractivity (Wildman–Crippen MR) is 366 cm³/mol. The zero-order chi connectivity index (χ0) is 69.8. The van der Waals surface area contributed by atoms with E-state index in [0.717, 1.165) is 39.2 Å². The highest BCUT2D eigenvalue weighted by Gasteiger charge is 2.28. The van der Waals surface area contributed by atoms with Gasteiger partial charge in [0.1, 0.15) is 40.7 Å². The van der Waals surface area contributed by atoms with Gasteiger partial charge in [-0.3, -0.25) is 24.6 Å². The number of nitrogens with one attached hydrogen (secondary N) is 4. The summed E-state index contributed by atoms with van der Waals surface area (Å²) in [6.45, 7) is 22.0. The van der Waals surface area contributed by atoms with Crippen LogP contribution in [0.3, 0.4) is 0 Å². The Balaban J connectivity index is 0.000000157. The first kappa shape index (κ1) is 68.5. The van der Waals surface area contributed by atoms with Crippen LogP contribution in [0.2, 0.25) is 0 Å². The summed E-state index contributed by atoms with van der Waals surface area (Å²) in [6.07, 6.45) is 1.69. The number of benzene rings is 6. The average Bonchev–Trinajstić information content (AvgIpc) is 1.40. The second-order valence-corrected chi connectivity index (χ2v) is 31.0. The van der Waals surface area contributed by atoms with Crippen LogP contribution in [-0.2, 0) is 46.3 Å². The minimum Gasteiger partial charge on any atom is -0.426 e. The Morgan fingerprint density at radius 3 is 1.21 bits per heavy atom. The van der Waals surface area contributed by atoms with E-state index < -0.39 is 63.8 Å². The molecule has 12 aromatic rings. The second-order valence-electron chi connectivity index (χ2n) is 25.9. The molecule has 12 rings (SSSR count). The van der Waals surface area contributed by atoms with Gasteiger partial charge in [-0.2, -0.15) is 20.0 Å². The van der Waals surface area contributed by atoms with Gasteiger partial charge in [-0.25, -0.2) is 57.5 Å². The molecule has 0 aliphatic heterocycles. The minimum atomic E-state index is -4.12. The molecule has 0 bridgehead atoms. The largest absolute Gasteiger partial charge is 0.426 e. The maximum atomic E-state index is 14.7. The molecule has 0 atom stereocenters. The van der Waals surface area contributed by atoms with Gasteiger partial charge in [0.25, 0.3) is 30.1 Å². The first-order valence-corrected chi connectivity index (χ1v) is 34.4. The fraction of sp³-hybridized carbons (Fsp3) is 0.217. The van der Waals surface area contributed by atoms with Crippen molar-refractivity contribution in [1.29, 1.82) is 5.41 Å². The first-order valence-electron chi connectivity index (χ1n) is 30.0. The van der Waals surface area contributed by atoms with Crippen LogP contribution in [0.1, 0.15) is 96.1 Å². The number of nitrogens with zero attached hydrogens (tertiary/aromatic N) is 9. The number of hydrogen-bond donors (Lipinski definition) is 6. The van der Waals surface area contributed by atoms with E-state index in [4.69, 9.17) is 11.1 Å². The quantitative estimate of drug-likeness (QED) is 0.0621. The smallest absolute Gasteiger partial charge is 0.263 e. The number of aryl methyl sites for hydroxylation is 3. The lowest BCUT2D eigenvalue weighted by atomic mass is 9.87. The lowest BCUT2D eigenvalue weighted by Crippen LogP contribution is -2.19. The third-order valence-electron chi connectivity index (χ3n) is 15.3. The Kier molecular flexibility index (Phi) is 18.4. The van der Waals surface area contributed by atoms with Crippen LogP contribution in [0.4, 0.5) is 36.4 Å². The Morgan fingerprint density at radius 1 is 0.448 bits per heavy atom. The third-order valence-corrected chi connectivity index (χ3v) is 19.4. The lowest BCUT2D eigenvalue weighted by Gasteiger charge is -2.20. The lowest BCUT2D eigenvalue weighted by molar-refractivity contribution is 0.184. The fourth-order valence-corrected chi connectivity index (χ4v) is 13.9. The molecule has 0 aliphatic carbocycles. The van der Waals surface area contributed by atoms with E-state index in [9.17, 15) is 43.6 Å². The first-order chi connectivity index (χ1) is 44.9. The molecule has 6 aromatic carbocycles. The van der Waals surface area contributed by atoms with E-state index >= 15 is 0 Å². The molecule has 0 unspecified atom stereocenters. The molecule has 6 heterocycles. The number of sulfonamides is 3. The van der Waals surface area contributed by atoms with Crippen LogP contribution >= 0.6 is 0 Å². The summed E-state index contributed by atoms with van der Waals surface area (Å²) in [6, 6.07) is 42.9. The van der Waals surface area contributed by atoms with Crippen molar-refractivity contribution < 1.29 is 43.6 Å². The van der Waals surface area contributed by atoms with Crippen LogP contribution in [0.5, 0.6) is 0 Å². The van der Waals surface area contributed by atoms with Crippen LogP contribution in [-0.4, -0.2) is 74.5 Å². The van der Waals surface area contributed by atoms with Gasteiger partial charge in [-0.1, -0.05) is 98.7 Å². The highest BCUT2D eigenvalue weighted by molar-refractivity contribution is 7.93. The van der Waals surface area contributed by atoms with E-state index in [1.54, 1.807) is 81.6 Å². The van der Waals surface area contributed by atoms with Crippen molar-refractivity contribution in [2.45, 2.75) is 114 Å². The van der Waals surface area contributed by atoms with Gasteiger partial charge in [-0.05, 0) is 163 Å². The molecule has 6 aromatic heterocycles. The fourth-order valence-electron chi connectivity index (χ4n) is 10.7. The van der Waals surface area contributed by atoms with E-state index in [0.29, 0.717) is 73.1 Å². The summed E-state index contributed by atoms with van der Waals surface area (Å²) in [4.78, 5) is 8.14. The van der Waals surface area contributed by atoms with Crippen LogP contribution in [0, 0.1) is 43.6 Å². The zero-order valence-corrected chi connectivity index (χ0v) is 57.0.